The van der Waals surface area contributed by atoms with Crippen molar-refractivity contribution in [2.75, 3.05) is 23.1 Å². The van der Waals surface area contributed by atoms with Crippen molar-refractivity contribution in [2.24, 2.45) is 5.10 Å². The molecule has 0 aromatic carbocycles. The molecule has 0 spiro atoms. The Morgan fingerprint density at radius 1 is 1.46 bits per heavy atom. The van der Waals surface area contributed by atoms with Gasteiger partial charge in [0.25, 0.3) is 16.0 Å². The number of β-lactam (4-membered cyclic amide) rings is 1. The third kappa shape index (κ3) is 5.96. The van der Waals surface area contributed by atoms with Crippen LogP contribution in [-0.2, 0) is 24.5 Å². The van der Waals surface area contributed by atoms with E-state index in [1.807, 2.05) is 6.92 Å². The Morgan fingerprint density at radius 2 is 2.17 bits per heavy atom. The molecule has 0 aliphatic carbocycles. The Kier molecular flexibility index (Phi) is 9.13. The number of hydrazone groups is 1. The molecule has 3 aliphatic heterocycles. The first-order valence-corrected chi connectivity index (χ1v) is 14.8. The maximum absolute atomic E-state index is 12.8. The van der Waals surface area contributed by atoms with E-state index in [-0.39, 0.29) is 57.6 Å². The number of aromatic nitrogens is 1. The van der Waals surface area contributed by atoms with Crippen molar-refractivity contribution in [1.82, 2.24) is 19.6 Å². The number of hydrogen-bond acceptors (Lipinski definition) is 14. The SMILES string of the molecule is CC1=NN(SCC2=C(C(=O)[O-])N3C(=O)C(NC(=O)C(c4csc(N)n4)S(=O)(=O)O)[C@@H]3SC2)CS1.[Na+]. The summed E-state index contributed by atoms with van der Waals surface area (Å²) in [5.74, 6) is -2.28. The second kappa shape index (κ2) is 11.2. The molecule has 3 aliphatic rings. The van der Waals surface area contributed by atoms with Crippen LogP contribution in [0.1, 0.15) is 17.9 Å². The molecule has 3 atom stereocenters. The fourth-order valence-electron chi connectivity index (χ4n) is 3.44. The molecule has 1 saturated heterocycles. The number of thioether (sulfide) groups is 2. The molecule has 4 N–H and O–H groups in total. The molecule has 2 unspecified atom stereocenters. The molecule has 1 fully saturated rings. The van der Waals surface area contributed by atoms with Gasteiger partial charge in [-0.2, -0.15) is 13.5 Å². The third-order valence-corrected chi connectivity index (χ3v) is 10.0. The number of amides is 2. The second-order valence-corrected chi connectivity index (χ2v) is 12.8. The Hall–Kier alpha value is -0.990. The Balaban J connectivity index is 0.00000342. The molecular weight excluding hydrogens is 572 g/mol. The first kappa shape index (κ1) is 28.6. The molecule has 184 valence electrons. The van der Waals surface area contributed by atoms with Crippen LogP contribution in [-0.4, -0.2) is 78.9 Å². The van der Waals surface area contributed by atoms with Crippen LogP contribution in [0.25, 0.3) is 0 Å². The molecule has 13 nitrogen and oxygen atoms in total. The van der Waals surface area contributed by atoms with E-state index in [2.05, 4.69) is 15.4 Å². The number of thiazole rings is 1. The number of nitrogens with zero attached hydrogens (tertiary/aromatic N) is 4. The second-order valence-electron chi connectivity index (χ2n) is 7.16. The predicted octanol–water partition coefficient (Wildman–Crippen LogP) is -3.95. The molecule has 19 heteroatoms. The molecule has 1 aromatic heterocycles. The average Bonchev–Trinajstić information content (AvgIpc) is 3.36. The largest absolute Gasteiger partial charge is 1.00 e. The van der Waals surface area contributed by atoms with Gasteiger partial charge in [0.15, 0.2) is 5.13 Å². The maximum atomic E-state index is 12.8. The van der Waals surface area contributed by atoms with Gasteiger partial charge in [-0.3, -0.25) is 19.0 Å². The van der Waals surface area contributed by atoms with Gasteiger partial charge < -0.3 is 21.0 Å². The van der Waals surface area contributed by atoms with Crippen molar-refractivity contribution in [1.29, 1.82) is 0 Å². The molecule has 2 amide bonds. The zero-order valence-electron chi connectivity index (χ0n) is 18.2. The summed E-state index contributed by atoms with van der Waals surface area (Å²) < 4.78 is 34.9. The number of carbonyl (C=O) groups is 3. The first-order valence-electron chi connectivity index (χ1n) is 9.41. The first-order chi connectivity index (χ1) is 16.0. The summed E-state index contributed by atoms with van der Waals surface area (Å²) >= 11 is 4.96. The van der Waals surface area contributed by atoms with Gasteiger partial charge in [0.2, 0.25) is 11.2 Å². The zero-order chi connectivity index (χ0) is 24.8. The van der Waals surface area contributed by atoms with Crippen molar-refractivity contribution in [3.8, 4) is 0 Å². The summed E-state index contributed by atoms with van der Waals surface area (Å²) in [4.78, 5) is 42.1. The van der Waals surface area contributed by atoms with Crippen LogP contribution in [0.15, 0.2) is 21.8 Å². The summed E-state index contributed by atoms with van der Waals surface area (Å²) in [7, 11) is -4.92. The number of carboxylic acids is 1. The number of carbonyl (C=O) groups excluding carboxylic acids is 3. The summed E-state index contributed by atoms with van der Waals surface area (Å²) in [6.07, 6.45) is 0. The van der Waals surface area contributed by atoms with E-state index in [1.165, 1.54) is 29.1 Å². The fourth-order valence-corrected chi connectivity index (χ4v) is 8.09. The number of hydrogen-bond donors (Lipinski definition) is 3. The Labute approximate surface area is 238 Å². The molecule has 4 rings (SSSR count). The number of rotatable bonds is 8. The van der Waals surface area contributed by atoms with E-state index in [9.17, 15) is 32.5 Å². The number of nitrogen functional groups attached to an aromatic ring is 1. The van der Waals surface area contributed by atoms with Crippen LogP contribution in [0.2, 0.25) is 0 Å². The smallest absolute Gasteiger partial charge is 0.543 e. The minimum absolute atomic E-state index is 0. The average molecular weight is 589 g/mol. The fraction of sp³-hybridized carbons (Fsp3) is 0.438. The number of aliphatic carboxylic acids is 1. The topological polar surface area (TPSA) is 198 Å². The van der Waals surface area contributed by atoms with Crippen molar-refractivity contribution in [3.63, 3.8) is 0 Å². The molecule has 0 radical (unpaired) electrons. The van der Waals surface area contributed by atoms with Crippen molar-refractivity contribution in [3.05, 3.63) is 22.3 Å². The maximum Gasteiger partial charge on any atom is 1.00 e. The minimum Gasteiger partial charge on any atom is -0.543 e. The zero-order valence-corrected chi connectivity index (χ0v) is 24.3. The summed E-state index contributed by atoms with van der Waals surface area (Å²) in [5, 5.41) is 17.7. The van der Waals surface area contributed by atoms with Crippen molar-refractivity contribution < 1.29 is 62.0 Å². The van der Waals surface area contributed by atoms with Crippen LogP contribution >= 0.6 is 46.8 Å². The van der Waals surface area contributed by atoms with Gasteiger partial charge in [0.05, 0.1) is 28.3 Å². The number of fused-ring (bicyclic) bond motifs is 1. The number of nitrogens with one attached hydrogen (secondary N) is 1. The molecule has 4 heterocycles. The number of carboxylic acid groups (broad SMARTS) is 1. The molecule has 0 saturated carbocycles. The normalized spacial score (nSPS) is 22.7. The Morgan fingerprint density at radius 3 is 2.71 bits per heavy atom. The van der Waals surface area contributed by atoms with Gasteiger partial charge in [-0.25, -0.2) is 9.40 Å². The van der Waals surface area contributed by atoms with E-state index >= 15 is 0 Å². The van der Waals surface area contributed by atoms with Gasteiger partial charge in [-0.15, -0.1) is 23.1 Å². The van der Waals surface area contributed by atoms with Gasteiger partial charge in [-0.05, 0) is 24.4 Å². The van der Waals surface area contributed by atoms with Crippen LogP contribution in [0, 0.1) is 0 Å². The minimum atomic E-state index is -4.92. The quantitative estimate of drug-likeness (QED) is 0.115. The van der Waals surface area contributed by atoms with E-state index < -0.39 is 44.6 Å². The van der Waals surface area contributed by atoms with E-state index in [0.29, 0.717) is 11.4 Å². The standard InChI is InChI=1S/C16H18N6O7S5.Na/c1-6-20-21(5-32-6)33-3-7-2-30-14-9(13(24)22(14)10(7)15(25)26)19-12(23)11(34(27,28)29)8-4-31-16(17)18-8;/h4,9,11,14H,2-3,5H2,1H3,(H2,17,18)(H,19,23)(H,25,26)(H,27,28,29);/q;+1/p-1/t9?,11?,14-;/m0./s1. The Bertz CT molecular complexity index is 1220. The van der Waals surface area contributed by atoms with Crippen molar-refractivity contribution >= 4 is 84.9 Å². The van der Waals surface area contributed by atoms with Crippen LogP contribution in [0.4, 0.5) is 5.13 Å². The summed E-state index contributed by atoms with van der Waals surface area (Å²) in [6.45, 7) is 1.86. The monoisotopic (exact) mass is 588 g/mol. The van der Waals surface area contributed by atoms with Crippen LogP contribution in [0.5, 0.6) is 0 Å². The van der Waals surface area contributed by atoms with Crippen LogP contribution < -0.4 is 45.7 Å². The van der Waals surface area contributed by atoms with Gasteiger partial charge >= 0.3 is 29.6 Å². The molecular formula is C16H17N6NaO7S5. The number of nitrogens with two attached hydrogens (primary N) is 1. The van der Waals surface area contributed by atoms with E-state index in [1.54, 1.807) is 16.2 Å². The molecule has 35 heavy (non-hydrogen) atoms. The van der Waals surface area contributed by atoms with Crippen LogP contribution in [0.3, 0.4) is 0 Å². The predicted molar refractivity (Wildman–Crippen MR) is 128 cm³/mol. The number of anilines is 1. The van der Waals surface area contributed by atoms with Crippen molar-refractivity contribution in [2.45, 2.75) is 23.6 Å². The van der Waals surface area contributed by atoms with Gasteiger partial charge in [0, 0.05) is 16.9 Å². The van der Waals surface area contributed by atoms with Gasteiger partial charge in [-0.1, -0.05) is 11.8 Å². The molecule has 1 aromatic rings. The van der Waals surface area contributed by atoms with E-state index in [0.717, 1.165) is 21.3 Å². The third-order valence-electron chi connectivity index (χ3n) is 4.91. The summed E-state index contributed by atoms with van der Waals surface area (Å²) in [5.41, 5.74) is 5.42. The van der Waals surface area contributed by atoms with Gasteiger partial charge in [0.1, 0.15) is 11.4 Å². The van der Waals surface area contributed by atoms with E-state index in [4.69, 9.17) is 5.73 Å². The molecule has 0 bridgehead atoms. The summed E-state index contributed by atoms with van der Waals surface area (Å²) in [6, 6.07) is -1.19.